The first-order valence-electron chi connectivity index (χ1n) is 13.3. The van der Waals surface area contributed by atoms with E-state index in [-0.39, 0.29) is 5.92 Å². The van der Waals surface area contributed by atoms with Gasteiger partial charge in [-0.05, 0) is 59.9 Å². The fourth-order valence-corrected chi connectivity index (χ4v) is 5.22. The highest BCUT2D eigenvalue weighted by atomic mass is 15.3. The summed E-state index contributed by atoms with van der Waals surface area (Å²) in [6.45, 7) is 6.40. The highest BCUT2D eigenvalue weighted by Gasteiger charge is 2.16. The topological polar surface area (TPSA) is 56.0 Å². The number of rotatable bonds is 4. The van der Waals surface area contributed by atoms with E-state index in [0.29, 0.717) is 5.82 Å². The van der Waals surface area contributed by atoms with E-state index >= 15 is 0 Å². The summed E-state index contributed by atoms with van der Waals surface area (Å²) in [7, 11) is 0. The van der Waals surface area contributed by atoms with E-state index in [1.54, 1.807) is 0 Å². The third-order valence-corrected chi connectivity index (χ3v) is 7.27. The summed E-state index contributed by atoms with van der Waals surface area (Å²) in [5, 5.41) is 7.04. The van der Waals surface area contributed by atoms with Crippen molar-refractivity contribution in [2.45, 2.75) is 26.7 Å². The van der Waals surface area contributed by atoms with Gasteiger partial charge < -0.3 is 0 Å². The average Bonchev–Trinajstić information content (AvgIpc) is 3.42. The van der Waals surface area contributed by atoms with Crippen LogP contribution >= 0.6 is 0 Å². The molecule has 0 aliphatic heterocycles. The van der Waals surface area contributed by atoms with Gasteiger partial charge in [-0.3, -0.25) is 9.97 Å². The number of fused-ring (bicyclic) bond motifs is 4. The van der Waals surface area contributed by atoms with Crippen LogP contribution in [-0.4, -0.2) is 24.6 Å². The van der Waals surface area contributed by atoms with Gasteiger partial charge in [0, 0.05) is 39.5 Å². The van der Waals surface area contributed by atoms with Crippen molar-refractivity contribution >= 4 is 27.5 Å². The molecule has 5 nitrogen and oxygen atoms in total. The molecule has 3 aromatic carbocycles. The van der Waals surface area contributed by atoms with Gasteiger partial charge in [-0.1, -0.05) is 80.6 Å². The lowest BCUT2D eigenvalue weighted by Gasteiger charge is -2.14. The normalized spacial score (nSPS) is 11.7. The third kappa shape index (κ3) is 4.03. The van der Waals surface area contributed by atoms with E-state index in [0.717, 1.165) is 66.7 Å². The maximum atomic E-state index is 5.09. The van der Waals surface area contributed by atoms with Gasteiger partial charge in [0.1, 0.15) is 0 Å². The molecule has 0 amide bonds. The fourth-order valence-electron chi connectivity index (χ4n) is 5.22. The summed E-state index contributed by atoms with van der Waals surface area (Å²) in [5.41, 5.74) is 10.2. The van der Waals surface area contributed by atoms with E-state index in [1.807, 2.05) is 41.9 Å². The molecule has 4 heterocycles. The van der Waals surface area contributed by atoms with E-state index in [9.17, 15) is 0 Å². The van der Waals surface area contributed by atoms with Gasteiger partial charge in [0.05, 0.1) is 11.0 Å². The second kappa shape index (κ2) is 9.14. The predicted molar refractivity (Wildman–Crippen MR) is 159 cm³/mol. The van der Waals surface area contributed by atoms with E-state index in [1.165, 1.54) is 0 Å². The molecule has 7 aromatic rings. The molecule has 0 unspecified atom stereocenters. The molecule has 4 aromatic heterocycles. The Morgan fingerprint density at radius 3 is 2.28 bits per heavy atom. The van der Waals surface area contributed by atoms with Crippen LogP contribution in [0.4, 0.5) is 0 Å². The van der Waals surface area contributed by atoms with Gasteiger partial charge in [0.2, 0.25) is 0 Å². The molecule has 7 rings (SSSR count). The molecular formula is C34H27N5. The molecule has 0 aliphatic carbocycles. The Balaban J connectivity index is 1.41. The Hall–Kier alpha value is -4.90. The van der Waals surface area contributed by atoms with Crippen LogP contribution in [0.25, 0.3) is 61.1 Å². The minimum atomic E-state index is 0.285. The van der Waals surface area contributed by atoms with Crippen molar-refractivity contribution in [3.63, 3.8) is 0 Å². The zero-order valence-corrected chi connectivity index (χ0v) is 22.1. The summed E-state index contributed by atoms with van der Waals surface area (Å²) in [6, 6.07) is 33.6. The number of nitrogens with zero attached hydrogens (tertiary/aromatic N) is 5. The Morgan fingerprint density at radius 2 is 1.44 bits per heavy atom. The van der Waals surface area contributed by atoms with Crippen molar-refractivity contribution in [3.05, 3.63) is 115 Å². The standard InChI is InChI=1S/C34H27N5/c1-21(2)30-20-29(28-17-16-24-15-14-22(3)35-31(24)32(28)36-30)25-11-7-12-26(19-25)33-37-34-27(13-8-18-39(34)38-33)23-9-5-4-6-10-23/h4-21H,1-3H3. The van der Waals surface area contributed by atoms with E-state index < -0.39 is 0 Å². The zero-order chi connectivity index (χ0) is 26.5. The molecule has 0 radical (unpaired) electrons. The van der Waals surface area contributed by atoms with E-state index in [4.69, 9.17) is 20.1 Å². The van der Waals surface area contributed by atoms with Crippen molar-refractivity contribution in [2.75, 3.05) is 0 Å². The van der Waals surface area contributed by atoms with Crippen molar-refractivity contribution in [2.24, 2.45) is 0 Å². The number of aromatic nitrogens is 5. The lowest BCUT2D eigenvalue weighted by Crippen LogP contribution is -1.97. The van der Waals surface area contributed by atoms with Crippen molar-refractivity contribution in [1.82, 2.24) is 24.6 Å². The second-order valence-corrected chi connectivity index (χ2v) is 10.3. The van der Waals surface area contributed by atoms with Crippen LogP contribution in [0, 0.1) is 6.92 Å². The molecule has 5 heteroatoms. The van der Waals surface area contributed by atoms with Crippen LogP contribution in [0.5, 0.6) is 0 Å². The predicted octanol–water partition coefficient (Wildman–Crippen LogP) is 8.26. The highest BCUT2D eigenvalue weighted by Crippen LogP contribution is 2.35. The summed E-state index contributed by atoms with van der Waals surface area (Å²) in [5.74, 6) is 0.985. The van der Waals surface area contributed by atoms with Crippen LogP contribution in [0.15, 0.2) is 103 Å². The van der Waals surface area contributed by atoms with Crippen LogP contribution in [0.3, 0.4) is 0 Å². The molecule has 188 valence electrons. The van der Waals surface area contributed by atoms with Crippen LogP contribution in [0.2, 0.25) is 0 Å². The SMILES string of the molecule is Cc1ccc2ccc3c(-c4cccc(-c5nc6c(-c7ccccc7)cccn6n5)c4)cc(C(C)C)nc3c2n1. The molecular weight excluding hydrogens is 478 g/mol. The van der Waals surface area contributed by atoms with Gasteiger partial charge in [-0.15, -0.1) is 5.10 Å². The van der Waals surface area contributed by atoms with Gasteiger partial charge in [0.25, 0.3) is 0 Å². The average molecular weight is 506 g/mol. The lowest BCUT2D eigenvalue weighted by molar-refractivity contribution is 0.831. The minimum absolute atomic E-state index is 0.285. The first-order chi connectivity index (χ1) is 19.0. The molecule has 0 N–H and O–H groups in total. The van der Waals surface area contributed by atoms with Crippen LogP contribution in [-0.2, 0) is 0 Å². The molecule has 0 bridgehead atoms. The second-order valence-electron chi connectivity index (χ2n) is 10.3. The fraction of sp³-hybridized carbons (Fsp3) is 0.118. The van der Waals surface area contributed by atoms with Gasteiger partial charge in [-0.2, -0.15) is 0 Å². The first-order valence-corrected chi connectivity index (χ1v) is 13.3. The van der Waals surface area contributed by atoms with Crippen LogP contribution < -0.4 is 0 Å². The maximum Gasteiger partial charge on any atom is 0.182 e. The first kappa shape index (κ1) is 23.2. The Morgan fingerprint density at radius 1 is 0.641 bits per heavy atom. The highest BCUT2D eigenvalue weighted by molar-refractivity contribution is 6.08. The zero-order valence-electron chi connectivity index (χ0n) is 22.1. The molecule has 0 atom stereocenters. The minimum Gasteiger partial charge on any atom is -0.251 e. The monoisotopic (exact) mass is 505 g/mol. The van der Waals surface area contributed by atoms with Crippen LogP contribution in [0.1, 0.15) is 31.2 Å². The molecule has 0 saturated carbocycles. The third-order valence-electron chi connectivity index (χ3n) is 7.27. The number of pyridine rings is 3. The Bertz CT molecular complexity index is 2000. The molecule has 0 spiro atoms. The number of hydrogen-bond donors (Lipinski definition) is 0. The van der Waals surface area contributed by atoms with Crippen molar-refractivity contribution in [1.29, 1.82) is 0 Å². The lowest BCUT2D eigenvalue weighted by atomic mass is 9.95. The summed E-state index contributed by atoms with van der Waals surface area (Å²) in [4.78, 5) is 14.9. The summed E-state index contributed by atoms with van der Waals surface area (Å²) < 4.78 is 1.86. The van der Waals surface area contributed by atoms with E-state index in [2.05, 4.69) is 86.6 Å². The number of aryl methyl sites for hydroxylation is 1. The number of hydrogen-bond acceptors (Lipinski definition) is 4. The maximum absolute atomic E-state index is 5.09. The number of benzene rings is 3. The summed E-state index contributed by atoms with van der Waals surface area (Å²) >= 11 is 0. The van der Waals surface area contributed by atoms with Gasteiger partial charge >= 0.3 is 0 Å². The summed E-state index contributed by atoms with van der Waals surface area (Å²) in [6.07, 6.45) is 1.95. The quantitative estimate of drug-likeness (QED) is 0.226. The largest absolute Gasteiger partial charge is 0.251 e. The van der Waals surface area contributed by atoms with Crippen molar-refractivity contribution < 1.29 is 0 Å². The smallest absolute Gasteiger partial charge is 0.182 e. The van der Waals surface area contributed by atoms with Gasteiger partial charge in [0.15, 0.2) is 11.5 Å². The molecule has 39 heavy (non-hydrogen) atoms. The Labute approximate surface area is 226 Å². The van der Waals surface area contributed by atoms with Crippen molar-refractivity contribution in [3.8, 4) is 33.6 Å². The molecule has 0 fully saturated rings. The Kier molecular flexibility index (Phi) is 5.44. The molecule has 0 saturated heterocycles. The van der Waals surface area contributed by atoms with Gasteiger partial charge in [-0.25, -0.2) is 9.50 Å². The molecule has 0 aliphatic rings.